The third-order valence-corrected chi connectivity index (χ3v) is 10.3. The summed E-state index contributed by atoms with van der Waals surface area (Å²) in [7, 11) is 0. The van der Waals surface area contributed by atoms with Gasteiger partial charge in [-0.25, -0.2) is 4.79 Å². The maximum absolute atomic E-state index is 12.5. The minimum absolute atomic E-state index is 0.153. The molecule has 0 aromatic rings. The molecular weight excluding hydrogens is 580 g/mol. The molecule has 46 heavy (non-hydrogen) atoms. The van der Waals surface area contributed by atoms with Gasteiger partial charge in [-0.15, -0.1) is 0 Å². The van der Waals surface area contributed by atoms with Crippen LogP contribution in [0.3, 0.4) is 0 Å². The second-order valence-electron chi connectivity index (χ2n) is 15.2. The van der Waals surface area contributed by atoms with Crippen molar-refractivity contribution >= 4 is 11.9 Å². The SMILES string of the molecule is CC(=O)O[C@H]1CC(C)(C)[C@]2(C#C\C(C)=C/C=C/C=C/C=C(C)/C=C3C=C(/C=C/[C@@]45O[C@]4(C)C[C@@H](O)CC5(C)C)C(=O)O/3)O[C@]2(C)C1. The molecule has 2 saturated heterocycles. The lowest BCUT2D eigenvalue weighted by Crippen LogP contribution is -2.47. The van der Waals surface area contributed by atoms with E-state index in [2.05, 4.69) is 46.5 Å². The molecule has 0 bridgehead atoms. The first kappa shape index (κ1) is 33.9. The van der Waals surface area contributed by atoms with Gasteiger partial charge in [0.25, 0.3) is 0 Å². The molecule has 7 heteroatoms. The molecule has 0 amide bonds. The van der Waals surface area contributed by atoms with Crippen LogP contribution >= 0.6 is 0 Å². The van der Waals surface area contributed by atoms with Crippen molar-refractivity contribution < 1.29 is 33.6 Å². The zero-order valence-electron chi connectivity index (χ0n) is 28.7. The number of aliphatic hydroxyl groups excluding tert-OH is 1. The fourth-order valence-corrected chi connectivity index (χ4v) is 8.13. The Morgan fingerprint density at radius 2 is 1.61 bits per heavy atom. The van der Waals surface area contributed by atoms with Gasteiger partial charge in [0.05, 0.1) is 11.7 Å². The number of cyclic esters (lactones) is 1. The third-order valence-electron chi connectivity index (χ3n) is 10.3. The summed E-state index contributed by atoms with van der Waals surface area (Å²) in [6.45, 7) is 17.9. The molecule has 0 unspecified atom stereocenters. The predicted molar refractivity (Wildman–Crippen MR) is 177 cm³/mol. The number of aliphatic hydroxyl groups is 1. The number of carbonyl (C=O) groups excluding carboxylic acids is 2. The summed E-state index contributed by atoms with van der Waals surface area (Å²) in [5.41, 5.74) is -0.0559. The normalized spacial score (nSPS) is 38.7. The maximum Gasteiger partial charge on any atom is 0.343 e. The number of fused-ring (bicyclic) bond motifs is 2. The van der Waals surface area contributed by atoms with Crippen molar-refractivity contribution in [2.45, 2.75) is 123 Å². The van der Waals surface area contributed by atoms with Crippen LogP contribution in [-0.4, -0.2) is 51.7 Å². The molecule has 0 aromatic heterocycles. The van der Waals surface area contributed by atoms with Crippen LogP contribution in [0.5, 0.6) is 0 Å². The van der Waals surface area contributed by atoms with Gasteiger partial charge in [0.1, 0.15) is 28.7 Å². The number of rotatable bonds is 7. The van der Waals surface area contributed by atoms with Gasteiger partial charge >= 0.3 is 11.9 Å². The molecule has 5 aliphatic rings. The van der Waals surface area contributed by atoms with E-state index in [4.69, 9.17) is 18.9 Å². The Balaban J connectivity index is 1.16. The average Bonchev–Trinajstić information content (AvgIpc) is 3.69. The van der Waals surface area contributed by atoms with Gasteiger partial charge in [0.2, 0.25) is 0 Å². The molecule has 4 fully saturated rings. The molecule has 0 aromatic carbocycles. The van der Waals surface area contributed by atoms with E-state index in [0.29, 0.717) is 37.0 Å². The summed E-state index contributed by atoms with van der Waals surface area (Å²) in [5.74, 6) is 6.54. The molecular formula is C39H48O7. The standard InChI is InChI=1S/C39H48O7/c1-26(16-18-38-35(6,7)24-32(43-28(3)40)25-37(38,9)46-38)14-12-10-11-13-15-27(2)20-31-21-29(33(42)44-31)17-19-39-34(4,5)22-30(41)23-36(39,8)45-39/h10-15,17,19-21,30,32,41H,22-25H2,1-9H3/b12-10+,13-11+,19-17+,26-14-,27-15+,31-20-/t30-,32-,36+,37+,38-,39-/m0/s1. The fraction of sp³-hybridized carbons (Fsp3) is 0.538. The molecule has 2 saturated carbocycles. The summed E-state index contributed by atoms with van der Waals surface area (Å²) in [4.78, 5) is 24.0. The number of allylic oxidation sites excluding steroid dienone is 10. The van der Waals surface area contributed by atoms with Crippen LogP contribution < -0.4 is 0 Å². The highest BCUT2D eigenvalue weighted by atomic mass is 16.6. The summed E-state index contributed by atoms with van der Waals surface area (Å²) < 4.78 is 23.4. The Bertz CT molecular complexity index is 1590. The Hall–Kier alpha value is -3.44. The van der Waals surface area contributed by atoms with Gasteiger partial charge in [-0.1, -0.05) is 76.0 Å². The quantitative estimate of drug-likeness (QED) is 0.142. The largest absolute Gasteiger partial charge is 0.462 e. The Labute approximate surface area is 273 Å². The molecule has 246 valence electrons. The highest BCUT2D eigenvalue weighted by Gasteiger charge is 2.76. The van der Waals surface area contributed by atoms with Crippen LogP contribution in [0.1, 0.15) is 88.0 Å². The van der Waals surface area contributed by atoms with Crippen molar-refractivity contribution in [3.8, 4) is 11.8 Å². The number of esters is 2. The first-order valence-electron chi connectivity index (χ1n) is 16.2. The highest BCUT2D eigenvalue weighted by molar-refractivity contribution is 5.95. The van der Waals surface area contributed by atoms with E-state index in [9.17, 15) is 14.7 Å². The Morgan fingerprint density at radius 1 is 0.913 bits per heavy atom. The minimum atomic E-state index is -0.546. The van der Waals surface area contributed by atoms with Crippen LogP contribution in [0.25, 0.3) is 0 Å². The monoisotopic (exact) mass is 628 g/mol. The van der Waals surface area contributed by atoms with Crippen molar-refractivity contribution in [1.82, 2.24) is 0 Å². The summed E-state index contributed by atoms with van der Waals surface area (Å²) in [5, 5.41) is 10.3. The summed E-state index contributed by atoms with van der Waals surface area (Å²) in [6.07, 6.45) is 21.1. The van der Waals surface area contributed by atoms with Crippen molar-refractivity contribution in [2.24, 2.45) is 10.8 Å². The van der Waals surface area contributed by atoms with E-state index in [0.717, 1.165) is 11.1 Å². The number of hydrogen-bond donors (Lipinski definition) is 1. The smallest absolute Gasteiger partial charge is 0.343 e. The van der Waals surface area contributed by atoms with Gasteiger partial charge in [0.15, 0.2) is 5.60 Å². The van der Waals surface area contributed by atoms with Crippen molar-refractivity contribution in [3.63, 3.8) is 0 Å². The molecule has 5 rings (SSSR count). The highest BCUT2D eigenvalue weighted by Crippen LogP contribution is 2.66. The van der Waals surface area contributed by atoms with Crippen LogP contribution in [0.4, 0.5) is 0 Å². The second kappa shape index (κ2) is 11.7. The number of carbonyl (C=O) groups is 2. The number of ether oxygens (including phenoxy) is 4. The van der Waals surface area contributed by atoms with E-state index in [1.807, 2.05) is 69.4 Å². The molecule has 2 aliphatic carbocycles. The number of epoxide rings is 2. The zero-order chi connectivity index (χ0) is 33.8. The molecule has 3 aliphatic heterocycles. The molecule has 0 radical (unpaired) electrons. The topological polar surface area (TPSA) is 97.9 Å². The van der Waals surface area contributed by atoms with Crippen molar-refractivity contribution in [3.05, 3.63) is 83.2 Å². The maximum atomic E-state index is 12.5. The van der Waals surface area contributed by atoms with E-state index in [1.165, 1.54) is 6.92 Å². The van der Waals surface area contributed by atoms with E-state index in [1.54, 1.807) is 12.2 Å². The second-order valence-corrected chi connectivity index (χ2v) is 15.2. The van der Waals surface area contributed by atoms with Crippen LogP contribution in [0.2, 0.25) is 0 Å². The van der Waals surface area contributed by atoms with Crippen LogP contribution in [0, 0.1) is 22.7 Å². The minimum Gasteiger partial charge on any atom is -0.462 e. The third kappa shape index (κ3) is 6.15. The van der Waals surface area contributed by atoms with Gasteiger partial charge in [-0.3, -0.25) is 4.79 Å². The summed E-state index contributed by atoms with van der Waals surface area (Å²) >= 11 is 0. The van der Waals surface area contributed by atoms with Crippen molar-refractivity contribution in [1.29, 1.82) is 0 Å². The van der Waals surface area contributed by atoms with Crippen LogP contribution in [0.15, 0.2) is 83.2 Å². The lowest BCUT2D eigenvalue weighted by atomic mass is 9.63. The molecule has 0 spiro atoms. The average molecular weight is 629 g/mol. The first-order valence-corrected chi connectivity index (χ1v) is 16.2. The van der Waals surface area contributed by atoms with E-state index >= 15 is 0 Å². The molecule has 3 heterocycles. The summed E-state index contributed by atoms with van der Waals surface area (Å²) in [6, 6.07) is 0. The molecule has 6 atom stereocenters. The lowest BCUT2D eigenvalue weighted by molar-refractivity contribution is -0.149. The Kier molecular flexibility index (Phi) is 8.60. The molecule has 1 N–H and O–H groups in total. The van der Waals surface area contributed by atoms with Gasteiger partial charge in [0, 0.05) is 30.6 Å². The van der Waals surface area contributed by atoms with Crippen LogP contribution in [-0.2, 0) is 28.5 Å². The molecule has 7 nitrogen and oxygen atoms in total. The fourth-order valence-electron chi connectivity index (χ4n) is 8.13. The van der Waals surface area contributed by atoms with Gasteiger partial charge in [-0.05, 0) is 76.0 Å². The predicted octanol–water partition coefficient (Wildman–Crippen LogP) is 6.91. The Morgan fingerprint density at radius 3 is 2.26 bits per heavy atom. The number of hydrogen-bond acceptors (Lipinski definition) is 7. The van der Waals surface area contributed by atoms with Gasteiger partial charge < -0.3 is 24.1 Å². The lowest BCUT2D eigenvalue weighted by Gasteiger charge is -2.39. The van der Waals surface area contributed by atoms with Gasteiger partial charge in [-0.2, -0.15) is 0 Å². The van der Waals surface area contributed by atoms with Crippen molar-refractivity contribution in [2.75, 3.05) is 0 Å². The van der Waals surface area contributed by atoms with E-state index in [-0.39, 0.29) is 35.0 Å². The van der Waals surface area contributed by atoms with E-state index < -0.39 is 22.4 Å². The zero-order valence-corrected chi connectivity index (χ0v) is 28.7. The first-order chi connectivity index (χ1) is 21.4.